The quantitative estimate of drug-likeness (QED) is 0.720. The van der Waals surface area contributed by atoms with Crippen molar-refractivity contribution < 1.29 is 32.2 Å². The molecule has 0 aliphatic rings. The number of amides is 1. The van der Waals surface area contributed by atoms with E-state index in [1.165, 1.54) is 48.4 Å². The summed E-state index contributed by atoms with van der Waals surface area (Å²) in [5.74, 6) is -2.22. The summed E-state index contributed by atoms with van der Waals surface area (Å²) in [6.07, 6.45) is -0.923. The fourth-order valence-electron chi connectivity index (χ4n) is 2.84. The van der Waals surface area contributed by atoms with Crippen LogP contribution < -0.4 is 5.32 Å². The summed E-state index contributed by atoms with van der Waals surface area (Å²) < 4.78 is 52.6. The molecule has 0 saturated carbocycles. The summed E-state index contributed by atoms with van der Waals surface area (Å²) in [6.45, 7) is 0.925. The van der Waals surface area contributed by atoms with Gasteiger partial charge in [-0.25, -0.2) is 9.78 Å². The van der Waals surface area contributed by atoms with Crippen LogP contribution in [0.5, 0.6) is 0 Å². The van der Waals surface area contributed by atoms with Crippen molar-refractivity contribution in [3.63, 3.8) is 0 Å². The summed E-state index contributed by atoms with van der Waals surface area (Å²) in [5.41, 5.74) is -5.13. The number of hydrogen-bond donors (Lipinski definition) is 1. The molecule has 1 amide bonds. The maximum absolute atomic E-state index is 13.9. The summed E-state index contributed by atoms with van der Waals surface area (Å²) in [6, 6.07) is 6.54. The monoisotopic (exact) mass is 399 g/mol. The van der Waals surface area contributed by atoms with Crippen molar-refractivity contribution in [2.24, 2.45) is 0 Å². The van der Waals surface area contributed by atoms with Crippen molar-refractivity contribution in [3.8, 4) is 0 Å². The predicted octanol–water partition coefficient (Wildman–Crippen LogP) is 1.99. The molecule has 1 aromatic heterocycles. The van der Waals surface area contributed by atoms with Crippen LogP contribution in [-0.2, 0) is 30.2 Å². The van der Waals surface area contributed by atoms with Gasteiger partial charge in [-0.1, -0.05) is 30.3 Å². The number of imidazole rings is 1. The summed E-state index contributed by atoms with van der Waals surface area (Å²) in [7, 11) is 1.94. The van der Waals surface area contributed by atoms with E-state index in [-0.39, 0.29) is 5.56 Å². The van der Waals surface area contributed by atoms with Gasteiger partial charge < -0.3 is 19.4 Å². The number of carbonyl (C=O) groups excluding carboxylic acids is 2. The lowest BCUT2D eigenvalue weighted by atomic mass is 9.91. The maximum Gasteiger partial charge on any atom is 0.430 e. The van der Waals surface area contributed by atoms with Crippen LogP contribution in [0.1, 0.15) is 12.5 Å². The Morgan fingerprint density at radius 2 is 1.82 bits per heavy atom. The second-order valence-electron chi connectivity index (χ2n) is 6.17. The number of aromatic nitrogens is 2. The van der Waals surface area contributed by atoms with Gasteiger partial charge in [0.1, 0.15) is 0 Å². The van der Waals surface area contributed by atoms with Crippen LogP contribution in [0, 0.1) is 0 Å². The third-order valence-electron chi connectivity index (χ3n) is 4.50. The molecule has 2 aromatic rings. The first kappa shape index (κ1) is 21.4. The first-order valence-electron chi connectivity index (χ1n) is 8.16. The number of benzene rings is 1. The van der Waals surface area contributed by atoms with Crippen LogP contribution >= 0.6 is 0 Å². The van der Waals surface area contributed by atoms with Gasteiger partial charge in [0, 0.05) is 25.1 Å². The molecule has 10 heteroatoms. The topological polar surface area (TPSA) is 82.5 Å². The van der Waals surface area contributed by atoms with E-state index in [2.05, 4.69) is 10.3 Å². The van der Waals surface area contributed by atoms with Gasteiger partial charge in [-0.15, -0.1) is 0 Å². The van der Waals surface area contributed by atoms with Crippen molar-refractivity contribution in [3.05, 3.63) is 54.6 Å². The molecule has 2 rings (SSSR count). The number of nitrogens with zero attached hydrogens (tertiary/aromatic N) is 2. The van der Waals surface area contributed by atoms with Gasteiger partial charge >= 0.3 is 12.1 Å². The molecule has 7 nitrogen and oxygen atoms in total. The Hall–Kier alpha value is -2.88. The second kappa shape index (κ2) is 8.01. The van der Waals surface area contributed by atoms with E-state index < -0.39 is 35.7 Å². The average molecular weight is 399 g/mol. The van der Waals surface area contributed by atoms with Gasteiger partial charge in [0.2, 0.25) is 0 Å². The molecule has 0 fully saturated rings. The number of carbonyl (C=O) groups is 2. The summed E-state index contributed by atoms with van der Waals surface area (Å²) >= 11 is 0. The number of hydrogen-bond acceptors (Lipinski definition) is 5. The molecule has 0 aliphatic heterocycles. The second-order valence-corrected chi connectivity index (χ2v) is 6.17. The number of halogens is 3. The number of methoxy groups -OCH3 is 2. The SMILES string of the molecule is COC(=O)[C@](C)(CNC(=O)[C@](OC)(c1ccccc1)C(F)(F)F)n1ccnc1. The minimum Gasteiger partial charge on any atom is -0.467 e. The van der Waals surface area contributed by atoms with Crippen molar-refractivity contribution in [2.45, 2.75) is 24.2 Å². The third kappa shape index (κ3) is 3.59. The lowest BCUT2D eigenvalue weighted by Gasteiger charge is -2.35. The van der Waals surface area contributed by atoms with Gasteiger partial charge in [-0.05, 0) is 6.92 Å². The Morgan fingerprint density at radius 3 is 2.29 bits per heavy atom. The van der Waals surface area contributed by atoms with Crippen molar-refractivity contribution >= 4 is 11.9 Å². The average Bonchev–Trinajstić information content (AvgIpc) is 3.21. The Morgan fingerprint density at radius 1 is 1.18 bits per heavy atom. The minimum atomic E-state index is -5.05. The standard InChI is InChI=1S/C18H20F3N3O4/c1-16(15(26)27-2,24-10-9-22-12-24)11-23-14(25)17(28-3,18(19,20)21)13-7-5-4-6-8-13/h4-10,12H,11H2,1-3H3,(H,23,25)/t16-,17+/m0/s1. The highest BCUT2D eigenvalue weighted by Crippen LogP contribution is 2.42. The van der Waals surface area contributed by atoms with Gasteiger partial charge in [-0.3, -0.25) is 4.79 Å². The smallest absolute Gasteiger partial charge is 0.430 e. The zero-order valence-electron chi connectivity index (χ0n) is 15.5. The molecule has 1 aromatic carbocycles. The van der Waals surface area contributed by atoms with E-state index in [9.17, 15) is 22.8 Å². The van der Waals surface area contributed by atoms with Gasteiger partial charge in [0.15, 0.2) is 5.54 Å². The van der Waals surface area contributed by atoms with Crippen LogP contribution in [0.3, 0.4) is 0 Å². The maximum atomic E-state index is 13.9. The van der Waals surface area contributed by atoms with E-state index in [1.54, 1.807) is 0 Å². The molecule has 0 unspecified atom stereocenters. The number of ether oxygens (including phenoxy) is 2. The van der Waals surface area contributed by atoms with Crippen LogP contribution in [-0.4, -0.2) is 48.4 Å². The predicted molar refractivity (Wildman–Crippen MR) is 92.1 cm³/mol. The number of nitrogens with one attached hydrogen (secondary N) is 1. The Balaban J connectivity index is 2.40. The highest BCUT2D eigenvalue weighted by molar-refractivity contribution is 5.88. The van der Waals surface area contributed by atoms with Gasteiger partial charge in [0.25, 0.3) is 11.5 Å². The highest BCUT2D eigenvalue weighted by atomic mass is 19.4. The minimum absolute atomic E-state index is 0.384. The van der Waals surface area contributed by atoms with Crippen LogP contribution in [0.2, 0.25) is 0 Å². The zero-order chi connectivity index (χ0) is 21.0. The molecular weight excluding hydrogens is 379 g/mol. The van der Waals surface area contributed by atoms with Crippen molar-refractivity contribution in [1.29, 1.82) is 0 Å². The lowest BCUT2D eigenvalue weighted by Crippen LogP contribution is -2.58. The van der Waals surface area contributed by atoms with E-state index in [0.29, 0.717) is 0 Å². The van der Waals surface area contributed by atoms with Crippen LogP contribution in [0.4, 0.5) is 13.2 Å². The number of rotatable bonds is 7. The Bertz CT molecular complexity index is 811. The largest absolute Gasteiger partial charge is 0.467 e. The van der Waals surface area contributed by atoms with E-state index in [0.717, 1.165) is 26.4 Å². The first-order chi connectivity index (χ1) is 13.1. The molecule has 1 heterocycles. The van der Waals surface area contributed by atoms with Crippen LogP contribution in [0.15, 0.2) is 49.1 Å². The Kier molecular flexibility index (Phi) is 6.13. The van der Waals surface area contributed by atoms with Gasteiger partial charge in [0.05, 0.1) is 20.0 Å². The normalized spacial score (nSPS) is 15.9. The summed E-state index contributed by atoms with van der Waals surface area (Å²) in [4.78, 5) is 28.8. The van der Waals surface area contributed by atoms with Crippen molar-refractivity contribution in [2.75, 3.05) is 20.8 Å². The molecule has 2 atom stereocenters. The third-order valence-corrected chi connectivity index (χ3v) is 4.50. The Labute approximate surface area is 159 Å². The first-order valence-corrected chi connectivity index (χ1v) is 8.16. The fourth-order valence-corrected chi connectivity index (χ4v) is 2.84. The molecule has 0 saturated heterocycles. The van der Waals surface area contributed by atoms with Gasteiger partial charge in [-0.2, -0.15) is 13.2 Å². The molecule has 0 spiro atoms. The number of alkyl halides is 3. The molecule has 0 aliphatic carbocycles. The van der Waals surface area contributed by atoms with E-state index in [4.69, 9.17) is 9.47 Å². The molecule has 28 heavy (non-hydrogen) atoms. The fraction of sp³-hybridized carbons (Fsp3) is 0.389. The zero-order valence-corrected chi connectivity index (χ0v) is 15.5. The lowest BCUT2D eigenvalue weighted by molar-refractivity contribution is -0.265. The molecular formula is C18H20F3N3O4. The van der Waals surface area contributed by atoms with E-state index in [1.807, 2.05) is 0 Å². The molecule has 1 N–H and O–H groups in total. The molecule has 152 valence electrons. The van der Waals surface area contributed by atoms with Crippen LogP contribution in [0.25, 0.3) is 0 Å². The number of esters is 1. The summed E-state index contributed by atoms with van der Waals surface area (Å²) in [5, 5.41) is 2.19. The van der Waals surface area contributed by atoms with E-state index >= 15 is 0 Å². The molecule has 0 bridgehead atoms. The van der Waals surface area contributed by atoms with Crippen molar-refractivity contribution in [1.82, 2.24) is 14.9 Å². The highest BCUT2D eigenvalue weighted by Gasteiger charge is 2.62. The molecule has 0 radical (unpaired) electrons.